The van der Waals surface area contributed by atoms with E-state index in [2.05, 4.69) is 27.2 Å². The van der Waals surface area contributed by atoms with Crippen LogP contribution >= 0.6 is 11.3 Å². The van der Waals surface area contributed by atoms with E-state index in [0.717, 1.165) is 6.42 Å². The van der Waals surface area contributed by atoms with Crippen LogP contribution in [0.25, 0.3) is 10.9 Å². The zero-order chi connectivity index (χ0) is 15.8. The summed E-state index contributed by atoms with van der Waals surface area (Å²) in [6.07, 6.45) is 0.576. The van der Waals surface area contributed by atoms with E-state index >= 15 is 0 Å². The molecule has 2 atom stereocenters. The fraction of sp³-hybridized carbons (Fsp3) is 0.188. The van der Waals surface area contributed by atoms with Gasteiger partial charge in [-0.1, -0.05) is 12.1 Å². The monoisotopic (exact) mass is 330 g/mol. The fourth-order valence-corrected chi connectivity index (χ4v) is 3.59. The van der Waals surface area contributed by atoms with Crippen LogP contribution in [0.15, 0.2) is 41.8 Å². The molecule has 1 fully saturated rings. The lowest BCUT2D eigenvalue weighted by atomic mass is 10.2. The Balaban J connectivity index is 1.46. The number of halogens is 1. The van der Waals surface area contributed by atoms with E-state index in [9.17, 15) is 9.18 Å². The first kappa shape index (κ1) is 14.4. The fourth-order valence-electron chi connectivity index (χ4n) is 2.80. The summed E-state index contributed by atoms with van der Waals surface area (Å²) >= 11 is 1.68. The van der Waals surface area contributed by atoms with Crippen molar-refractivity contribution in [1.29, 1.82) is 0 Å². The van der Waals surface area contributed by atoms with Gasteiger partial charge < -0.3 is 10.3 Å². The molecule has 23 heavy (non-hydrogen) atoms. The summed E-state index contributed by atoms with van der Waals surface area (Å²) in [6.45, 7) is 0. The van der Waals surface area contributed by atoms with Crippen LogP contribution in [0.5, 0.6) is 0 Å². The van der Waals surface area contributed by atoms with Crippen molar-refractivity contribution >= 4 is 28.1 Å². The molecule has 2 aromatic heterocycles. The number of aromatic nitrogens is 1. The van der Waals surface area contributed by atoms with Crippen molar-refractivity contribution in [2.45, 2.75) is 18.6 Å². The average Bonchev–Trinajstić information content (AvgIpc) is 3.27. The highest BCUT2D eigenvalue weighted by molar-refractivity contribution is 7.10. The van der Waals surface area contributed by atoms with Crippen LogP contribution in [0.4, 0.5) is 4.39 Å². The Labute approximate surface area is 135 Å². The Kier molecular flexibility index (Phi) is 3.60. The lowest BCUT2D eigenvalue weighted by Gasteiger charge is -2.10. The van der Waals surface area contributed by atoms with E-state index < -0.39 is 0 Å². The number of amides is 1. The van der Waals surface area contributed by atoms with Gasteiger partial charge in [0.05, 0.1) is 12.2 Å². The number of nitrogens with one attached hydrogen (secondary N) is 4. The van der Waals surface area contributed by atoms with Gasteiger partial charge >= 0.3 is 0 Å². The van der Waals surface area contributed by atoms with Crippen LogP contribution in [0.3, 0.4) is 0 Å². The minimum atomic E-state index is -0.337. The van der Waals surface area contributed by atoms with Gasteiger partial charge in [-0.3, -0.25) is 4.79 Å². The summed E-state index contributed by atoms with van der Waals surface area (Å²) < 4.78 is 13.7. The van der Waals surface area contributed by atoms with Crippen molar-refractivity contribution in [1.82, 2.24) is 21.2 Å². The standard InChI is InChI=1S/C16H15FN4OS/c17-10-3-1-4-11-9(10)7-13(18-11)16(22)19-15-8-12(20-21-15)14-5-2-6-23-14/h1-7,12,15,18,20-21H,8H2,(H,19,22). The first-order chi connectivity index (χ1) is 11.2. The number of hydrazine groups is 1. The maximum absolute atomic E-state index is 13.7. The van der Waals surface area contributed by atoms with Crippen molar-refractivity contribution < 1.29 is 9.18 Å². The smallest absolute Gasteiger partial charge is 0.268 e. The lowest BCUT2D eigenvalue weighted by molar-refractivity contribution is 0.0928. The molecule has 3 heterocycles. The number of benzene rings is 1. The van der Waals surface area contributed by atoms with Crippen molar-refractivity contribution in [3.8, 4) is 0 Å². The number of carbonyl (C=O) groups excluding carboxylic acids is 1. The maximum Gasteiger partial charge on any atom is 0.268 e. The van der Waals surface area contributed by atoms with Gasteiger partial charge in [0, 0.05) is 22.2 Å². The van der Waals surface area contributed by atoms with Crippen LogP contribution in [0.1, 0.15) is 27.8 Å². The Hall–Kier alpha value is -2.22. The number of H-pyrrole nitrogens is 1. The molecule has 0 saturated carbocycles. The number of fused-ring (bicyclic) bond motifs is 1. The SMILES string of the molecule is O=C(NC1CC(c2cccs2)NN1)c1cc2c(F)cccc2[nH]1. The summed E-state index contributed by atoms with van der Waals surface area (Å²) in [6, 6.07) is 10.5. The molecule has 1 aliphatic rings. The van der Waals surface area contributed by atoms with Crippen LogP contribution in [0.2, 0.25) is 0 Å². The third-order valence-corrected chi connectivity index (χ3v) is 4.94. The molecule has 118 valence electrons. The second kappa shape index (κ2) is 5.77. The van der Waals surface area contributed by atoms with E-state index in [4.69, 9.17) is 0 Å². The number of carbonyl (C=O) groups is 1. The van der Waals surface area contributed by atoms with Crippen LogP contribution < -0.4 is 16.2 Å². The molecule has 0 aliphatic carbocycles. The zero-order valence-electron chi connectivity index (χ0n) is 12.1. The first-order valence-corrected chi connectivity index (χ1v) is 8.21. The summed E-state index contributed by atoms with van der Waals surface area (Å²) in [7, 11) is 0. The molecule has 0 radical (unpaired) electrons. The van der Waals surface area contributed by atoms with E-state index in [1.807, 2.05) is 11.4 Å². The van der Waals surface area contributed by atoms with Gasteiger partial charge in [-0.15, -0.1) is 11.3 Å². The Morgan fingerprint density at radius 2 is 2.17 bits per heavy atom. The molecule has 1 aromatic carbocycles. The topological polar surface area (TPSA) is 69.0 Å². The minimum Gasteiger partial charge on any atom is -0.350 e. The summed E-state index contributed by atoms with van der Waals surface area (Å²) in [4.78, 5) is 16.5. The van der Waals surface area contributed by atoms with Gasteiger partial charge in [0.2, 0.25) is 0 Å². The second-order valence-corrected chi connectivity index (χ2v) is 6.48. The second-order valence-electron chi connectivity index (χ2n) is 5.50. The number of hydrogen-bond acceptors (Lipinski definition) is 4. The molecule has 1 amide bonds. The van der Waals surface area contributed by atoms with Gasteiger partial charge in [-0.25, -0.2) is 15.2 Å². The van der Waals surface area contributed by atoms with Crippen molar-refractivity contribution in [2.24, 2.45) is 0 Å². The third-order valence-electron chi connectivity index (χ3n) is 3.95. The molecule has 7 heteroatoms. The predicted octanol–water partition coefficient (Wildman–Crippen LogP) is 2.66. The normalized spacial score (nSPS) is 20.9. The minimum absolute atomic E-state index is 0.175. The van der Waals surface area contributed by atoms with Gasteiger partial charge in [0.25, 0.3) is 5.91 Å². The number of hydrogen-bond donors (Lipinski definition) is 4. The number of thiophene rings is 1. The molecular formula is C16H15FN4OS. The van der Waals surface area contributed by atoms with E-state index in [-0.39, 0.29) is 23.9 Å². The molecule has 0 bridgehead atoms. The van der Waals surface area contributed by atoms with Crippen LogP contribution in [-0.4, -0.2) is 17.1 Å². The zero-order valence-corrected chi connectivity index (χ0v) is 12.9. The molecule has 5 nitrogen and oxygen atoms in total. The molecular weight excluding hydrogens is 315 g/mol. The van der Waals surface area contributed by atoms with Gasteiger partial charge in [-0.2, -0.15) is 0 Å². The average molecular weight is 330 g/mol. The highest BCUT2D eigenvalue weighted by Crippen LogP contribution is 2.25. The van der Waals surface area contributed by atoms with Crippen molar-refractivity contribution in [3.63, 3.8) is 0 Å². The molecule has 2 unspecified atom stereocenters. The Morgan fingerprint density at radius 1 is 1.26 bits per heavy atom. The summed E-state index contributed by atoms with van der Waals surface area (Å²) in [5.41, 5.74) is 7.22. The van der Waals surface area contributed by atoms with Gasteiger partial charge in [-0.05, 0) is 29.6 Å². The molecule has 0 spiro atoms. The van der Waals surface area contributed by atoms with Gasteiger partial charge in [0.15, 0.2) is 0 Å². The summed E-state index contributed by atoms with van der Waals surface area (Å²) in [5.74, 6) is -0.594. The van der Waals surface area contributed by atoms with Crippen LogP contribution in [-0.2, 0) is 0 Å². The predicted molar refractivity (Wildman–Crippen MR) is 87.5 cm³/mol. The van der Waals surface area contributed by atoms with Gasteiger partial charge in [0.1, 0.15) is 11.5 Å². The first-order valence-electron chi connectivity index (χ1n) is 7.33. The largest absolute Gasteiger partial charge is 0.350 e. The van der Waals surface area contributed by atoms with Crippen molar-refractivity contribution in [3.05, 3.63) is 58.2 Å². The number of rotatable bonds is 3. The van der Waals surface area contributed by atoms with E-state index in [0.29, 0.717) is 16.6 Å². The van der Waals surface area contributed by atoms with Crippen molar-refractivity contribution in [2.75, 3.05) is 0 Å². The van der Waals surface area contributed by atoms with E-state index in [1.165, 1.54) is 10.9 Å². The molecule has 3 aromatic rings. The summed E-state index contributed by atoms with van der Waals surface area (Å²) in [5, 5.41) is 5.36. The molecule has 1 saturated heterocycles. The quantitative estimate of drug-likeness (QED) is 0.597. The Morgan fingerprint density at radius 3 is 2.96 bits per heavy atom. The highest BCUT2D eigenvalue weighted by Gasteiger charge is 2.27. The maximum atomic E-state index is 13.7. The lowest BCUT2D eigenvalue weighted by Crippen LogP contribution is -2.44. The third kappa shape index (κ3) is 2.74. The highest BCUT2D eigenvalue weighted by atomic mass is 32.1. The Bertz CT molecular complexity index is 845. The number of aromatic amines is 1. The molecule has 4 rings (SSSR count). The molecule has 4 N–H and O–H groups in total. The molecule has 1 aliphatic heterocycles. The van der Waals surface area contributed by atoms with E-state index in [1.54, 1.807) is 29.5 Å². The van der Waals surface area contributed by atoms with Crippen LogP contribution in [0, 0.1) is 5.82 Å².